The minimum atomic E-state index is 0.00347. The Balaban J connectivity index is 2.76. The van der Waals surface area contributed by atoms with Crippen molar-refractivity contribution in [1.82, 2.24) is 10.2 Å². The molecule has 48 valence electrons. The molecule has 1 atom stereocenters. The van der Waals surface area contributed by atoms with Gasteiger partial charge in [-0.3, -0.25) is 5.10 Å². The summed E-state index contributed by atoms with van der Waals surface area (Å²) in [6.07, 6.45) is 3.39. The van der Waals surface area contributed by atoms with Gasteiger partial charge >= 0.3 is 11.7 Å². The minimum Gasteiger partial charge on any atom is -0.285 e. The van der Waals surface area contributed by atoms with Gasteiger partial charge in [-0.15, -0.1) is 0 Å². The van der Waals surface area contributed by atoms with E-state index in [1.54, 1.807) is 12.4 Å². The highest BCUT2D eigenvalue weighted by molar-refractivity contribution is 7.65. The van der Waals surface area contributed by atoms with Crippen molar-refractivity contribution in [3.8, 4) is 0 Å². The molecule has 0 saturated carbocycles. The monoisotopic (exact) mass is 143 g/mol. The van der Waals surface area contributed by atoms with E-state index in [2.05, 4.69) is 10.2 Å². The van der Waals surface area contributed by atoms with Gasteiger partial charge in [-0.1, -0.05) is 0 Å². The van der Waals surface area contributed by atoms with Crippen LogP contribution in [0.15, 0.2) is 12.4 Å². The van der Waals surface area contributed by atoms with Crippen LogP contribution in [-0.4, -0.2) is 10.2 Å². The van der Waals surface area contributed by atoms with Crippen LogP contribution in [0.25, 0.3) is 0 Å². The minimum absolute atomic E-state index is 0.00347. The Bertz CT molecular complexity index is 185. The van der Waals surface area contributed by atoms with E-state index in [1.165, 1.54) is 0 Å². The fourth-order valence-electron chi connectivity index (χ4n) is 0.539. The van der Waals surface area contributed by atoms with Gasteiger partial charge in [0.05, 0.1) is 11.8 Å². The van der Waals surface area contributed by atoms with Gasteiger partial charge in [0.25, 0.3) is 5.25 Å². The Morgan fingerprint density at radius 1 is 1.89 bits per heavy atom. The van der Waals surface area contributed by atoms with Crippen molar-refractivity contribution in [2.24, 2.45) is 0 Å². The first-order valence-electron chi connectivity index (χ1n) is 2.62. The highest BCUT2D eigenvalue weighted by Gasteiger charge is 2.17. The van der Waals surface area contributed by atoms with Crippen LogP contribution in [0.2, 0.25) is 0 Å². The van der Waals surface area contributed by atoms with Gasteiger partial charge < -0.3 is 0 Å². The molecule has 1 heterocycles. The van der Waals surface area contributed by atoms with Crippen molar-refractivity contribution in [1.29, 1.82) is 0 Å². The third kappa shape index (κ3) is 1.32. The molecule has 9 heavy (non-hydrogen) atoms. The third-order valence-electron chi connectivity index (χ3n) is 1.13. The lowest BCUT2D eigenvalue weighted by Gasteiger charge is -1.80. The first-order chi connectivity index (χ1) is 4.34. The van der Waals surface area contributed by atoms with Crippen molar-refractivity contribution in [3.05, 3.63) is 18.0 Å². The predicted octanol–water partition coefficient (Wildman–Crippen LogP) is 0.899. The molecule has 0 aliphatic carbocycles. The average Bonchev–Trinajstić information content (AvgIpc) is 2.37. The molecule has 0 radical (unpaired) electrons. The van der Waals surface area contributed by atoms with Gasteiger partial charge in [0.15, 0.2) is 0 Å². The van der Waals surface area contributed by atoms with Gasteiger partial charge in [0, 0.05) is 17.3 Å². The first kappa shape index (κ1) is 6.35. The summed E-state index contributed by atoms with van der Waals surface area (Å²) in [5.41, 5.74) is 0.954. The van der Waals surface area contributed by atoms with Crippen LogP contribution in [0.1, 0.15) is 17.7 Å². The van der Waals surface area contributed by atoms with Crippen molar-refractivity contribution in [2.75, 3.05) is 0 Å². The first-order valence-corrected chi connectivity index (χ1v) is 3.42. The van der Waals surface area contributed by atoms with E-state index in [4.69, 9.17) is 0 Å². The van der Waals surface area contributed by atoms with Crippen LogP contribution in [-0.2, 0) is 15.9 Å². The molecule has 0 fully saturated rings. The largest absolute Gasteiger partial charge is 0.467 e. The van der Waals surface area contributed by atoms with Crippen molar-refractivity contribution in [2.45, 2.75) is 12.2 Å². The molecule has 4 heteroatoms. The maximum absolute atomic E-state index is 10.2. The summed E-state index contributed by atoms with van der Waals surface area (Å²) in [5.74, 6) is 0. The molecule has 0 saturated heterocycles. The van der Waals surface area contributed by atoms with Crippen LogP contribution >= 0.6 is 0 Å². The Labute approximate surface area is 57.0 Å². The second-order valence-corrected chi connectivity index (χ2v) is 2.67. The van der Waals surface area contributed by atoms with Crippen LogP contribution in [0.3, 0.4) is 0 Å². The summed E-state index contributed by atoms with van der Waals surface area (Å²) in [4.78, 5) is 0. The fourth-order valence-corrected chi connectivity index (χ4v) is 0.779. The Hall–Kier alpha value is -0.770. The number of aromatic amines is 1. The Kier molecular flexibility index (Phi) is 1.89. The molecule has 0 aliphatic rings. The van der Waals surface area contributed by atoms with Crippen LogP contribution in [0.4, 0.5) is 0 Å². The quantitative estimate of drug-likeness (QED) is 0.625. The normalized spacial score (nSPS) is 13.0. The van der Waals surface area contributed by atoms with Crippen LogP contribution in [0.5, 0.6) is 0 Å². The second kappa shape index (κ2) is 2.68. The summed E-state index contributed by atoms with van der Waals surface area (Å²) in [5, 5.41) is 6.36. The zero-order chi connectivity index (χ0) is 6.69. The molecule has 0 spiro atoms. The number of nitrogens with one attached hydrogen (secondary N) is 1. The number of hydrogen-bond donors (Lipinski definition) is 1. The van der Waals surface area contributed by atoms with Crippen molar-refractivity contribution < 1.29 is 4.21 Å². The number of hydrogen-bond acceptors (Lipinski definition) is 2. The molecule has 1 unspecified atom stereocenters. The summed E-state index contributed by atoms with van der Waals surface area (Å²) in [6.45, 7) is 1.85. The molecule has 0 aromatic carbocycles. The maximum atomic E-state index is 10.2. The Morgan fingerprint density at radius 3 is 3.11 bits per heavy atom. The van der Waals surface area contributed by atoms with Gasteiger partial charge in [-0.2, -0.15) is 5.10 Å². The lowest BCUT2D eigenvalue weighted by atomic mass is 10.3. The summed E-state index contributed by atoms with van der Waals surface area (Å²) in [7, 11) is 0. The molecule has 1 aromatic heterocycles. The van der Waals surface area contributed by atoms with E-state index >= 15 is 0 Å². The number of rotatable bonds is 2. The SMILES string of the molecule is CC([S+]=O)c1cn[nH]c1. The van der Waals surface area contributed by atoms with E-state index in [0.29, 0.717) is 11.7 Å². The summed E-state index contributed by atoms with van der Waals surface area (Å²) in [6, 6.07) is 0. The van der Waals surface area contributed by atoms with E-state index in [-0.39, 0.29) is 5.25 Å². The number of H-pyrrole nitrogens is 1. The molecule has 1 aromatic rings. The van der Waals surface area contributed by atoms with Crippen LogP contribution in [0, 0.1) is 0 Å². The highest BCUT2D eigenvalue weighted by Crippen LogP contribution is 2.10. The molecule has 0 aliphatic heterocycles. The second-order valence-electron chi connectivity index (χ2n) is 1.77. The number of aromatic nitrogens is 2. The maximum Gasteiger partial charge on any atom is 0.467 e. The molecule has 1 rings (SSSR count). The average molecular weight is 143 g/mol. The fraction of sp³-hybridized carbons (Fsp3) is 0.400. The molecule has 1 N–H and O–H groups in total. The van der Waals surface area contributed by atoms with Crippen LogP contribution < -0.4 is 0 Å². The summed E-state index contributed by atoms with van der Waals surface area (Å²) >= 11 is 0.572. The zero-order valence-corrected chi connectivity index (χ0v) is 5.81. The standard InChI is InChI=1S/C5H7N2OS/c1-4(9-8)5-2-6-7-3-5/h2-4H,1H3,(H,6,7)/q+1. The lowest BCUT2D eigenvalue weighted by molar-refractivity contribution is 0.600. The van der Waals surface area contributed by atoms with Gasteiger partial charge in [0.1, 0.15) is 0 Å². The summed E-state index contributed by atoms with van der Waals surface area (Å²) < 4.78 is 10.2. The molecule has 0 amide bonds. The smallest absolute Gasteiger partial charge is 0.285 e. The van der Waals surface area contributed by atoms with Gasteiger partial charge in [-0.05, 0) is 0 Å². The number of nitrogens with zero attached hydrogens (tertiary/aromatic N) is 1. The highest BCUT2D eigenvalue weighted by atomic mass is 32.1. The molecule has 3 nitrogen and oxygen atoms in total. The third-order valence-corrected chi connectivity index (χ3v) is 1.69. The van der Waals surface area contributed by atoms with E-state index in [0.717, 1.165) is 5.56 Å². The Morgan fingerprint density at radius 2 is 2.67 bits per heavy atom. The van der Waals surface area contributed by atoms with Crippen molar-refractivity contribution in [3.63, 3.8) is 0 Å². The van der Waals surface area contributed by atoms with E-state index in [9.17, 15) is 4.21 Å². The topological polar surface area (TPSA) is 45.8 Å². The molecule has 0 bridgehead atoms. The molecular weight excluding hydrogens is 136 g/mol. The van der Waals surface area contributed by atoms with Gasteiger partial charge in [0.2, 0.25) is 0 Å². The zero-order valence-electron chi connectivity index (χ0n) is 5.00. The predicted molar refractivity (Wildman–Crippen MR) is 35.1 cm³/mol. The van der Waals surface area contributed by atoms with E-state index in [1.807, 2.05) is 6.92 Å². The molecular formula is C5H7N2OS+. The van der Waals surface area contributed by atoms with E-state index < -0.39 is 0 Å². The van der Waals surface area contributed by atoms with Crippen molar-refractivity contribution >= 4 is 11.7 Å². The van der Waals surface area contributed by atoms with Gasteiger partial charge in [-0.25, -0.2) is 0 Å². The lowest BCUT2D eigenvalue weighted by Crippen LogP contribution is -1.85.